The van der Waals surface area contributed by atoms with Crippen LogP contribution in [0.4, 0.5) is 5.69 Å². The molecule has 3 N–H and O–H groups in total. The van der Waals surface area contributed by atoms with E-state index in [9.17, 15) is 4.79 Å². The summed E-state index contributed by atoms with van der Waals surface area (Å²) >= 11 is 3.42. The van der Waals surface area contributed by atoms with Crippen LogP contribution in [0.1, 0.15) is 25.7 Å². The molecule has 4 heteroatoms. The van der Waals surface area contributed by atoms with Crippen molar-refractivity contribution in [2.45, 2.75) is 31.2 Å². The second-order valence-electron chi connectivity index (χ2n) is 5.41. The molecule has 0 aliphatic heterocycles. The largest absolute Gasteiger partial charge is 0.371 e. The summed E-state index contributed by atoms with van der Waals surface area (Å²) in [6.07, 6.45) is 4.46. The number of anilines is 1. The minimum Gasteiger partial charge on any atom is -0.371 e. The van der Waals surface area contributed by atoms with Crippen molar-refractivity contribution in [2.75, 3.05) is 5.32 Å². The van der Waals surface area contributed by atoms with E-state index in [1.807, 2.05) is 24.3 Å². The number of primary amides is 1. The maximum atomic E-state index is 12.0. The molecule has 1 aromatic carbocycles. The van der Waals surface area contributed by atoms with E-state index < -0.39 is 5.54 Å². The molecular formula is C14H17BrN2O. The van der Waals surface area contributed by atoms with Crippen molar-refractivity contribution in [1.29, 1.82) is 0 Å². The molecule has 2 aliphatic carbocycles. The number of benzene rings is 1. The van der Waals surface area contributed by atoms with E-state index in [0.29, 0.717) is 11.8 Å². The first-order chi connectivity index (χ1) is 8.63. The molecule has 0 bridgehead atoms. The third-order valence-electron chi connectivity index (χ3n) is 4.05. The second-order valence-corrected chi connectivity index (χ2v) is 6.33. The van der Waals surface area contributed by atoms with Gasteiger partial charge in [0.25, 0.3) is 0 Å². The Hall–Kier alpha value is -1.03. The molecule has 2 fully saturated rings. The van der Waals surface area contributed by atoms with Crippen LogP contribution in [0, 0.1) is 11.8 Å². The Morgan fingerprint density at radius 3 is 2.06 bits per heavy atom. The van der Waals surface area contributed by atoms with Gasteiger partial charge in [-0.1, -0.05) is 15.9 Å². The molecular weight excluding hydrogens is 292 g/mol. The zero-order valence-corrected chi connectivity index (χ0v) is 11.7. The number of hydrogen-bond donors (Lipinski definition) is 2. The van der Waals surface area contributed by atoms with E-state index in [1.54, 1.807) is 0 Å². The molecule has 0 heterocycles. The van der Waals surface area contributed by atoms with Crippen molar-refractivity contribution >= 4 is 27.5 Å². The minimum absolute atomic E-state index is 0.185. The maximum Gasteiger partial charge on any atom is 0.243 e. The summed E-state index contributed by atoms with van der Waals surface area (Å²) in [4.78, 5) is 12.0. The lowest BCUT2D eigenvalue weighted by Crippen LogP contribution is -2.54. The van der Waals surface area contributed by atoms with Crippen LogP contribution in [0.25, 0.3) is 0 Å². The molecule has 0 atom stereocenters. The van der Waals surface area contributed by atoms with Crippen molar-refractivity contribution in [3.63, 3.8) is 0 Å². The van der Waals surface area contributed by atoms with Gasteiger partial charge in [-0.15, -0.1) is 0 Å². The van der Waals surface area contributed by atoms with Crippen molar-refractivity contribution < 1.29 is 4.79 Å². The lowest BCUT2D eigenvalue weighted by atomic mass is 9.86. The monoisotopic (exact) mass is 308 g/mol. The van der Waals surface area contributed by atoms with E-state index in [-0.39, 0.29) is 5.91 Å². The number of carbonyl (C=O) groups excluding carboxylic acids is 1. The molecule has 18 heavy (non-hydrogen) atoms. The first kappa shape index (κ1) is 12.0. The van der Waals surface area contributed by atoms with Crippen LogP contribution in [-0.2, 0) is 4.79 Å². The van der Waals surface area contributed by atoms with E-state index in [1.165, 1.54) is 0 Å². The lowest BCUT2D eigenvalue weighted by Gasteiger charge is -2.33. The average molecular weight is 309 g/mol. The fourth-order valence-electron chi connectivity index (χ4n) is 2.85. The molecule has 0 aromatic heterocycles. The minimum atomic E-state index is -0.506. The van der Waals surface area contributed by atoms with Gasteiger partial charge in [0.05, 0.1) is 0 Å². The van der Waals surface area contributed by atoms with Gasteiger partial charge in [-0.05, 0) is 61.8 Å². The highest BCUT2D eigenvalue weighted by atomic mass is 79.9. The number of nitrogens with one attached hydrogen (secondary N) is 1. The van der Waals surface area contributed by atoms with Gasteiger partial charge in [0, 0.05) is 10.2 Å². The van der Waals surface area contributed by atoms with Crippen LogP contribution < -0.4 is 11.1 Å². The van der Waals surface area contributed by atoms with Crippen molar-refractivity contribution in [2.24, 2.45) is 17.6 Å². The predicted molar refractivity (Wildman–Crippen MR) is 75.1 cm³/mol. The molecule has 1 aromatic rings. The second kappa shape index (κ2) is 4.26. The highest BCUT2D eigenvalue weighted by Gasteiger charge is 2.58. The molecule has 0 spiro atoms. The summed E-state index contributed by atoms with van der Waals surface area (Å²) in [6, 6.07) is 7.95. The fraction of sp³-hybridized carbons (Fsp3) is 0.500. The summed E-state index contributed by atoms with van der Waals surface area (Å²) in [5.74, 6) is 0.660. The van der Waals surface area contributed by atoms with Gasteiger partial charge in [0.2, 0.25) is 5.91 Å². The molecule has 3 nitrogen and oxygen atoms in total. The zero-order valence-electron chi connectivity index (χ0n) is 10.2. The number of amides is 1. The summed E-state index contributed by atoms with van der Waals surface area (Å²) in [5, 5.41) is 3.45. The Balaban J connectivity index is 1.89. The van der Waals surface area contributed by atoms with Crippen molar-refractivity contribution in [1.82, 2.24) is 0 Å². The number of nitrogens with two attached hydrogens (primary N) is 1. The molecule has 0 saturated heterocycles. The molecule has 2 saturated carbocycles. The van der Waals surface area contributed by atoms with Crippen molar-refractivity contribution in [3.05, 3.63) is 28.7 Å². The Morgan fingerprint density at radius 1 is 1.17 bits per heavy atom. The van der Waals surface area contributed by atoms with Gasteiger partial charge in [-0.25, -0.2) is 0 Å². The lowest BCUT2D eigenvalue weighted by molar-refractivity contribution is -0.123. The van der Waals surface area contributed by atoms with Gasteiger partial charge >= 0.3 is 0 Å². The molecule has 0 radical (unpaired) electrons. The zero-order chi connectivity index (χ0) is 12.8. The fourth-order valence-corrected chi connectivity index (χ4v) is 3.12. The Morgan fingerprint density at radius 2 is 1.67 bits per heavy atom. The summed E-state index contributed by atoms with van der Waals surface area (Å²) in [5.41, 5.74) is 6.20. The molecule has 1 amide bonds. The van der Waals surface area contributed by atoms with Crippen molar-refractivity contribution in [3.8, 4) is 0 Å². The van der Waals surface area contributed by atoms with E-state index in [4.69, 9.17) is 5.73 Å². The summed E-state index contributed by atoms with van der Waals surface area (Å²) < 4.78 is 1.04. The molecule has 96 valence electrons. The van der Waals surface area contributed by atoms with E-state index in [0.717, 1.165) is 35.8 Å². The van der Waals surface area contributed by atoms with E-state index in [2.05, 4.69) is 21.2 Å². The summed E-state index contributed by atoms with van der Waals surface area (Å²) in [6.45, 7) is 0. The molecule has 0 unspecified atom stereocenters. The van der Waals surface area contributed by atoms with Crippen LogP contribution in [0.5, 0.6) is 0 Å². The first-order valence-corrected chi connectivity index (χ1v) is 7.26. The highest BCUT2D eigenvalue weighted by molar-refractivity contribution is 9.10. The smallest absolute Gasteiger partial charge is 0.243 e. The van der Waals surface area contributed by atoms with Gasteiger partial charge < -0.3 is 11.1 Å². The third-order valence-corrected chi connectivity index (χ3v) is 4.57. The topological polar surface area (TPSA) is 55.1 Å². The van der Waals surface area contributed by atoms with Gasteiger partial charge in [-0.3, -0.25) is 4.79 Å². The third kappa shape index (κ3) is 2.03. The van der Waals surface area contributed by atoms with Crippen LogP contribution >= 0.6 is 15.9 Å². The number of halogens is 1. The van der Waals surface area contributed by atoms with Gasteiger partial charge in [0.15, 0.2) is 0 Å². The number of rotatable bonds is 5. The van der Waals surface area contributed by atoms with Crippen LogP contribution in [0.2, 0.25) is 0 Å². The van der Waals surface area contributed by atoms with Gasteiger partial charge in [-0.2, -0.15) is 0 Å². The SMILES string of the molecule is NC(=O)C(Nc1ccc(Br)cc1)(C1CC1)C1CC1. The van der Waals surface area contributed by atoms with E-state index >= 15 is 0 Å². The Kier molecular flexibility index (Phi) is 2.85. The number of carbonyl (C=O) groups is 1. The Bertz CT molecular complexity index is 451. The standard InChI is InChI=1S/C14H17BrN2O/c15-11-5-7-12(8-6-11)17-14(13(16)18,9-1-2-9)10-3-4-10/h5-10,17H,1-4H2,(H2,16,18). The van der Waals surface area contributed by atoms with Gasteiger partial charge in [0.1, 0.15) is 5.54 Å². The summed E-state index contributed by atoms with van der Waals surface area (Å²) in [7, 11) is 0. The van der Waals surface area contributed by atoms with Crippen LogP contribution in [0.15, 0.2) is 28.7 Å². The first-order valence-electron chi connectivity index (χ1n) is 6.46. The maximum absolute atomic E-state index is 12.0. The highest BCUT2D eigenvalue weighted by Crippen LogP contribution is 2.53. The average Bonchev–Trinajstić information content (AvgIpc) is 3.18. The predicted octanol–water partition coefficient (Wildman–Crippen LogP) is 2.91. The molecule has 3 rings (SSSR count). The van der Waals surface area contributed by atoms with Crippen LogP contribution in [-0.4, -0.2) is 11.4 Å². The van der Waals surface area contributed by atoms with Crippen LogP contribution in [0.3, 0.4) is 0 Å². The Labute approximate surface area is 115 Å². The number of hydrogen-bond acceptors (Lipinski definition) is 2. The molecule has 2 aliphatic rings. The normalized spacial score (nSPS) is 19.6. The quantitative estimate of drug-likeness (QED) is 0.878.